The number of allylic oxidation sites excluding steroid dienone is 1. The molecule has 5 rings (SSSR count). The average Bonchev–Trinajstić information content (AvgIpc) is 2.72. The molecule has 0 atom stereocenters. The van der Waals surface area contributed by atoms with Crippen molar-refractivity contribution >= 4 is 37.9 Å². The van der Waals surface area contributed by atoms with Crippen molar-refractivity contribution in [3.8, 4) is 0 Å². The van der Waals surface area contributed by atoms with E-state index in [0.29, 0.717) is 0 Å². The summed E-state index contributed by atoms with van der Waals surface area (Å²) in [5.74, 6) is 0. The lowest BCUT2D eigenvalue weighted by atomic mass is 9.89. The van der Waals surface area contributed by atoms with Crippen LogP contribution in [0.4, 0.5) is 0 Å². The zero-order valence-corrected chi connectivity index (χ0v) is 13.3. The van der Waals surface area contributed by atoms with E-state index in [0.717, 1.165) is 12.8 Å². The second-order valence-electron chi connectivity index (χ2n) is 6.72. The predicted molar refractivity (Wildman–Crippen MR) is 101 cm³/mol. The van der Waals surface area contributed by atoms with Gasteiger partial charge < -0.3 is 0 Å². The Labute approximate surface area is 136 Å². The van der Waals surface area contributed by atoms with Gasteiger partial charge in [-0.1, -0.05) is 66.7 Å². The maximum Gasteiger partial charge on any atom is -0.00210 e. The van der Waals surface area contributed by atoms with Crippen LogP contribution in [-0.2, 0) is 6.42 Å². The minimum Gasteiger partial charge on any atom is -0.0952 e. The van der Waals surface area contributed by atoms with Gasteiger partial charge in [-0.2, -0.15) is 0 Å². The number of fused-ring (bicyclic) bond motifs is 3. The van der Waals surface area contributed by atoms with Gasteiger partial charge in [0, 0.05) is 0 Å². The van der Waals surface area contributed by atoms with Crippen molar-refractivity contribution in [1.29, 1.82) is 0 Å². The molecular formula is C23H18. The number of hydrogen-bond donors (Lipinski definition) is 0. The van der Waals surface area contributed by atoms with Crippen molar-refractivity contribution in [2.45, 2.75) is 19.8 Å². The van der Waals surface area contributed by atoms with E-state index in [1.54, 1.807) is 0 Å². The van der Waals surface area contributed by atoms with Crippen LogP contribution >= 0.6 is 0 Å². The standard InChI is InChI=1S/C23H18/c1-14-9-12-18-19-7-3-5-16-11-10-15(2)17-6-4-8-20(21(18)13-14)23(17)22(16)19/h3-9,12-13H,2,10-11H2,1H3. The molecule has 0 radical (unpaired) electrons. The molecule has 23 heavy (non-hydrogen) atoms. The van der Waals surface area contributed by atoms with Crippen LogP contribution in [0, 0.1) is 6.92 Å². The summed E-state index contributed by atoms with van der Waals surface area (Å²) in [6.07, 6.45) is 2.12. The van der Waals surface area contributed by atoms with Gasteiger partial charge in [0.1, 0.15) is 0 Å². The summed E-state index contributed by atoms with van der Waals surface area (Å²) >= 11 is 0. The minimum atomic E-state index is 1.04. The highest BCUT2D eigenvalue weighted by molar-refractivity contribution is 6.28. The smallest absolute Gasteiger partial charge is 0.00210 e. The van der Waals surface area contributed by atoms with Gasteiger partial charge in [0.25, 0.3) is 0 Å². The minimum absolute atomic E-state index is 1.04. The molecular weight excluding hydrogens is 276 g/mol. The van der Waals surface area contributed by atoms with Crippen LogP contribution in [0.25, 0.3) is 37.9 Å². The van der Waals surface area contributed by atoms with Crippen LogP contribution < -0.4 is 0 Å². The summed E-state index contributed by atoms with van der Waals surface area (Å²) in [7, 11) is 0. The molecule has 0 saturated carbocycles. The molecule has 110 valence electrons. The third-order valence-corrected chi connectivity index (χ3v) is 5.30. The summed E-state index contributed by atoms with van der Waals surface area (Å²) in [4.78, 5) is 0. The molecule has 0 bridgehead atoms. The van der Waals surface area contributed by atoms with Crippen molar-refractivity contribution in [2.75, 3.05) is 0 Å². The molecule has 0 nitrogen and oxygen atoms in total. The number of rotatable bonds is 0. The van der Waals surface area contributed by atoms with Crippen molar-refractivity contribution in [1.82, 2.24) is 0 Å². The fraction of sp³-hybridized carbons (Fsp3) is 0.130. The first-order valence-electron chi connectivity index (χ1n) is 8.29. The third-order valence-electron chi connectivity index (χ3n) is 5.30. The van der Waals surface area contributed by atoms with Crippen molar-refractivity contribution in [3.63, 3.8) is 0 Å². The predicted octanol–water partition coefficient (Wildman–Crippen LogP) is 6.41. The molecule has 4 aromatic carbocycles. The Hall–Kier alpha value is -2.60. The summed E-state index contributed by atoms with van der Waals surface area (Å²) in [5.41, 5.74) is 5.37. The fourth-order valence-corrected chi connectivity index (χ4v) is 4.20. The Morgan fingerprint density at radius 1 is 0.739 bits per heavy atom. The highest BCUT2D eigenvalue weighted by atomic mass is 14.2. The molecule has 0 aromatic heterocycles. The molecule has 0 N–H and O–H groups in total. The Bertz CT molecular complexity index is 1130. The first-order chi connectivity index (χ1) is 11.2. The lowest BCUT2D eigenvalue weighted by Crippen LogP contribution is -1.89. The van der Waals surface area contributed by atoms with Gasteiger partial charge in [0.05, 0.1) is 0 Å². The van der Waals surface area contributed by atoms with E-state index in [4.69, 9.17) is 0 Å². The van der Waals surface area contributed by atoms with E-state index in [9.17, 15) is 0 Å². The van der Waals surface area contributed by atoms with E-state index >= 15 is 0 Å². The molecule has 0 amide bonds. The highest BCUT2D eigenvalue weighted by Crippen LogP contribution is 2.42. The van der Waals surface area contributed by atoms with Crippen molar-refractivity contribution in [2.24, 2.45) is 0 Å². The van der Waals surface area contributed by atoms with E-state index in [2.05, 4.69) is 68.1 Å². The fourth-order valence-electron chi connectivity index (χ4n) is 4.20. The molecule has 0 aliphatic heterocycles. The van der Waals surface area contributed by atoms with E-state index in [-0.39, 0.29) is 0 Å². The largest absolute Gasteiger partial charge is 0.0952 e. The molecule has 0 saturated heterocycles. The summed E-state index contributed by atoms with van der Waals surface area (Å²) in [5, 5.41) is 8.31. The zero-order valence-electron chi connectivity index (χ0n) is 13.3. The van der Waals surface area contributed by atoms with Crippen molar-refractivity contribution in [3.05, 3.63) is 77.9 Å². The lowest BCUT2D eigenvalue weighted by Gasteiger charge is -2.14. The molecule has 0 heteroatoms. The van der Waals surface area contributed by atoms with E-state index < -0.39 is 0 Å². The van der Waals surface area contributed by atoms with E-state index in [1.165, 1.54) is 54.6 Å². The quantitative estimate of drug-likeness (QED) is 0.328. The van der Waals surface area contributed by atoms with Gasteiger partial charge in [-0.05, 0) is 68.8 Å². The number of benzene rings is 4. The van der Waals surface area contributed by atoms with Gasteiger partial charge in [-0.25, -0.2) is 0 Å². The Morgan fingerprint density at radius 3 is 2.39 bits per heavy atom. The van der Waals surface area contributed by atoms with E-state index in [1.807, 2.05) is 0 Å². The first kappa shape index (κ1) is 12.9. The molecule has 0 spiro atoms. The summed E-state index contributed by atoms with van der Waals surface area (Å²) in [6, 6.07) is 20.3. The normalized spacial score (nSPS) is 14.0. The average molecular weight is 294 g/mol. The monoisotopic (exact) mass is 294 g/mol. The second-order valence-corrected chi connectivity index (χ2v) is 6.72. The Kier molecular flexibility index (Phi) is 2.50. The van der Waals surface area contributed by atoms with Crippen LogP contribution in [0.3, 0.4) is 0 Å². The number of hydrogen-bond acceptors (Lipinski definition) is 0. The maximum atomic E-state index is 4.37. The van der Waals surface area contributed by atoms with Crippen molar-refractivity contribution < 1.29 is 0 Å². The molecule has 4 aromatic rings. The summed E-state index contributed by atoms with van der Waals surface area (Å²) < 4.78 is 0. The van der Waals surface area contributed by atoms with Gasteiger partial charge in [0.15, 0.2) is 0 Å². The lowest BCUT2D eigenvalue weighted by molar-refractivity contribution is 1.04. The van der Waals surface area contributed by atoms with Crippen LogP contribution in [-0.4, -0.2) is 0 Å². The number of aryl methyl sites for hydroxylation is 2. The van der Waals surface area contributed by atoms with Gasteiger partial charge in [-0.3, -0.25) is 0 Å². The molecule has 0 fully saturated rings. The zero-order chi connectivity index (χ0) is 15.6. The maximum absolute atomic E-state index is 4.37. The van der Waals surface area contributed by atoms with Crippen LogP contribution in [0.2, 0.25) is 0 Å². The molecule has 0 heterocycles. The topological polar surface area (TPSA) is 0 Å². The third kappa shape index (κ3) is 1.66. The Balaban J connectivity index is 2.21. The Morgan fingerprint density at radius 2 is 1.52 bits per heavy atom. The SMILES string of the molecule is C=C1CCc2cccc3c4ccc(C)cc4c4cccc1c4c23. The van der Waals surface area contributed by atoms with Gasteiger partial charge in [-0.15, -0.1) is 0 Å². The van der Waals surface area contributed by atoms with Gasteiger partial charge in [0.2, 0.25) is 0 Å². The van der Waals surface area contributed by atoms with Crippen LogP contribution in [0.5, 0.6) is 0 Å². The van der Waals surface area contributed by atoms with Crippen LogP contribution in [0.1, 0.15) is 23.1 Å². The second kappa shape index (κ2) is 4.45. The molecule has 1 aliphatic rings. The summed E-state index contributed by atoms with van der Waals surface area (Å²) in [6.45, 7) is 6.54. The first-order valence-corrected chi connectivity index (χ1v) is 8.29. The molecule has 1 aliphatic carbocycles. The van der Waals surface area contributed by atoms with Gasteiger partial charge >= 0.3 is 0 Å². The van der Waals surface area contributed by atoms with Crippen LogP contribution in [0.15, 0.2) is 61.2 Å². The molecule has 0 unspecified atom stereocenters. The highest BCUT2D eigenvalue weighted by Gasteiger charge is 2.18.